The molecule has 1 aliphatic heterocycles. The fourth-order valence-electron chi connectivity index (χ4n) is 1.42. The Bertz CT molecular complexity index is 167. The monoisotopic (exact) mass is 186 g/mol. The third-order valence-electron chi connectivity index (χ3n) is 2.33. The number of aliphatic hydroxyl groups is 1. The number of hydrogen-bond acceptors (Lipinski definition) is 3. The van der Waals surface area contributed by atoms with Crippen molar-refractivity contribution in [3.63, 3.8) is 0 Å². The second kappa shape index (κ2) is 5.19. The number of amides is 1. The van der Waals surface area contributed by atoms with Crippen molar-refractivity contribution in [1.82, 2.24) is 10.2 Å². The number of nitrogens with zero attached hydrogens (tertiary/aromatic N) is 1. The molecule has 0 aromatic rings. The molecular weight excluding hydrogens is 168 g/mol. The Hall–Kier alpha value is -0.610. The summed E-state index contributed by atoms with van der Waals surface area (Å²) < 4.78 is 0. The molecule has 1 heterocycles. The molecule has 4 heteroatoms. The predicted molar refractivity (Wildman–Crippen MR) is 50.3 cm³/mol. The van der Waals surface area contributed by atoms with Crippen LogP contribution < -0.4 is 5.32 Å². The van der Waals surface area contributed by atoms with Gasteiger partial charge in [-0.3, -0.25) is 4.79 Å². The zero-order valence-electron chi connectivity index (χ0n) is 8.12. The molecule has 0 unspecified atom stereocenters. The number of aliphatic hydroxyl groups excluding tert-OH is 1. The fourth-order valence-corrected chi connectivity index (χ4v) is 1.42. The van der Waals surface area contributed by atoms with E-state index in [1.807, 2.05) is 6.92 Å². The maximum atomic E-state index is 11.4. The average molecular weight is 186 g/mol. The molecule has 0 saturated carbocycles. The number of likely N-dealkylation sites (tertiary alicyclic amines) is 1. The van der Waals surface area contributed by atoms with E-state index in [2.05, 4.69) is 5.32 Å². The highest BCUT2D eigenvalue weighted by Gasteiger charge is 2.28. The smallest absolute Gasteiger partial charge is 0.223 e. The summed E-state index contributed by atoms with van der Waals surface area (Å²) in [6, 6.07) is 0. The molecule has 0 bridgehead atoms. The van der Waals surface area contributed by atoms with E-state index in [0.717, 1.165) is 26.2 Å². The van der Waals surface area contributed by atoms with E-state index in [-0.39, 0.29) is 12.5 Å². The minimum Gasteiger partial charge on any atom is -0.396 e. The van der Waals surface area contributed by atoms with Crippen molar-refractivity contribution < 1.29 is 9.90 Å². The molecule has 0 aromatic carbocycles. The first-order valence-electron chi connectivity index (χ1n) is 4.87. The summed E-state index contributed by atoms with van der Waals surface area (Å²) in [5, 5.41) is 11.9. The van der Waals surface area contributed by atoms with Gasteiger partial charge in [0.05, 0.1) is 0 Å². The summed E-state index contributed by atoms with van der Waals surface area (Å²) in [5.74, 6) is 0.522. The lowest BCUT2D eigenvalue weighted by molar-refractivity contribution is -0.138. The van der Waals surface area contributed by atoms with Crippen LogP contribution in [0, 0.1) is 5.92 Å². The van der Waals surface area contributed by atoms with Crippen LogP contribution in [0.4, 0.5) is 0 Å². The van der Waals surface area contributed by atoms with E-state index in [1.165, 1.54) is 0 Å². The van der Waals surface area contributed by atoms with Gasteiger partial charge in [-0.1, -0.05) is 6.92 Å². The Morgan fingerprint density at radius 2 is 2.31 bits per heavy atom. The van der Waals surface area contributed by atoms with Crippen LogP contribution in [0.2, 0.25) is 0 Å². The topological polar surface area (TPSA) is 52.6 Å². The molecule has 0 radical (unpaired) electrons. The molecular formula is C9H18N2O2. The number of nitrogens with one attached hydrogen (secondary N) is 1. The van der Waals surface area contributed by atoms with Gasteiger partial charge in [0.15, 0.2) is 0 Å². The Morgan fingerprint density at radius 1 is 1.62 bits per heavy atom. The summed E-state index contributed by atoms with van der Waals surface area (Å²) >= 11 is 0. The summed E-state index contributed by atoms with van der Waals surface area (Å²) in [6.45, 7) is 5.37. The van der Waals surface area contributed by atoms with Crippen LogP contribution in [0.25, 0.3) is 0 Å². The van der Waals surface area contributed by atoms with Crippen LogP contribution in [0.15, 0.2) is 0 Å². The SMILES string of the molecule is CCNCCC(=O)N1CC(CO)C1. The van der Waals surface area contributed by atoms with Crippen molar-refractivity contribution in [2.24, 2.45) is 5.92 Å². The largest absolute Gasteiger partial charge is 0.396 e. The first-order chi connectivity index (χ1) is 6.27. The molecule has 76 valence electrons. The van der Waals surface area contributed by atoms with Crippen LogP contribution in [0.5, 0.6) is 0 Å². The van der Waals surface area contributed by atoms with Gasteiger partial charge in [-0.2, -0.15) is 0 Å². The Kier molecular flexibility index (Phi) is 4.18. The van der Waals surface area contributed by atoms with Gasteiger partial charge < -0.3 is 15.3 Å². The van der Waals surface area contributed by atoms with Crippen molar-refractivity contribution in [2.75, 3.05) is 32.8 Å². The quantitative estimate of drug-likeness (QED) is 0.566. The summed E-state index contributed by atoms with van der Waals surface area (Å²) in [7, 11) is 0. The molecule has 0 aliphatic carbocycles. The van der Waals surface area contributed by atoms with Crippen molar-refractivity contribution in [2.45, 2.75) is 13.3 Å². The molecule has 0 spiro atoms. The summed E-state index contributed by atoms with van der Waals surface area (Å²) in [4.78, 5) is 13.2. The molecule has 4 nitrogen and oxygen atoms in total. The molecule has 1 rings (SSSR count). The van der Waals surface area contributed by atoms with Gasteiger partial charge in [0.2, 0.25) is 5.91 Å². The van der Waals surface area contributed by atoms with E-state index in [1.54, 1.807) is 4.90 Å². The predicted octanol–water partition coefficient (Wildman–Crippen LogP) is -0.563. The lowest BCUT2D eigenvalue weighted by Crippen LogP contribution is -2.51. The number of rotatable bonds is 5. The highest BCUT2D eigenvalue weighted by atomic mass is 16.3. The van der Waals surface area contributed by atoms with Crippen LogP contribution >= 0.6 is 0 Å². The maximum Gasteiger partial charge on any atom is 0.223 e. The molecule has 1 saturated heterocycles. The maximum absolute atomic E-state index is 11.4. The van der Waals surface area contributed by atoms with Crippen LogP contribution in [-0.2, 0) is 4.79 Å². The zero-order chi connectivity index (χ0) is 9.68. The molecule has 1 fully saturated rings. The number of hydrogen-bond donors (Lipinski definition) is 2. The second-order valence-electron chi connectivity index (χ2n) is 3.45. The molecule has 0 atom stereocenters. The Morgan fingerprint density at radius 3 is 2.85 bits per heavy atom. The van der Waals surface area contributed by atoms with E-state index < -0.39 is 0 Å². The highest BCUT2D eigenvalue weighted by molar-refractivity contribution is 5.77. The summed E-state index contributed by atoms with van der Waals surface area (Å²) in [5.41, 5.74) is 0. The van der Waals surface area contributed by atoms with Crippen LogP contribution in [0.1, 0.15) is 13.3 Å². The standard InChI is InChI=1S/C9H18N2O2/c1-2-10-4-3-9(13)11-5-8(6-11)7-12/h8,10,12H,2-7H2,1H3. The van der Waals surface area contributed by atoms with Crippen LogP contribution in [0.3, 0.4) is 0 Å². The van der Waals surface area contributed by atoms with Gasteiger partial charge in [-0.15, -0.1) is 0 Å². The lowest BCUT2D eigenvalue weighted by Gasteiger charge is -2.38. The van der Waals surface area contributed by atoms with Crippen LogP contribution in [-0.4, -0.2) is 48.7 Å². The van der Waals surface area contributed by atoms with Crippen molar-refractivity contribution in [3.05, 3.63) is 0 Å². The molecule has 0 aromatic heterocycles. The van der Waals surface area contributed by atoms with E-state index >= 15 is 0 Å². The first kappa shape index (κ1) is 10.5. The first-order valence-corrected chi connectivity index (χ1v) is 4.87. The van der Waals surface area contributed by atoms with E-state index in [9.17, 15) is 4.79 Å². The lowest BCUT2D eigenvalue weighted by atomic mass is 10.0. The van der Waals surface area contributed by atoms with Gasteiger partial charge in [0.1, 0.15) is 0 Å². The average Bonchev–Trinajstić information content (AvgIpc) is 2.03. The van der Waals surface area contributed by atoms with Gasteiger partial charge in [0, 0.05) is 38.6 Å². The second-order valence-corrected chi connectivity index (χ2v) is 3.45. The van der Waals surface area contributed by atoms with Gasteiger partial charge in [0.25, 0.3) is 0 Å². The molecule has 1 amide bonds. The minimum absolute atomic E-state index is 0.200. The van der Waals surface area contributed by atoms with Gasteiger partial charge >= 0.3 is 0 Å². The zero-order valence-corrected chi connectivity index (χ0v) is 8.12. The van der Waals surface area contributed by atoms with Gasteiger partial charge in [-0.05, 0) is 6.54 Å². The third kappa shape index (κ3) is 2.97. The highest BCUT2D eigenvalue weighted by Crippen LogP contribution is 2.14. The number of carbonyl (C=O) groups excluding carboxylic acids is 1. The molecule has 1 aliphatic rings. The summed E-state index contributed by atoms with van der Waals surface area (Å²) in [6.07, 6.45) is 0.575. The van der Waals surface area contributed by atoms with Crippen molar-refractivity contribution in [1.29, 1.82) is 0 Å². The molecule has 2 N–H and O–H groups in total. The number of carbonyl (C=O) groups is 1. The van der Waals surface area contributed by atoms with E-state index in [0.29, 0.717) is 12.3 Å². The normalized spacial score (nSPS) is 17.2. The van der Waals surface area contributed by atoms with E-state index in [4.69, 9.17) is 5.11 Å². The Balaban J connectivity index is 2.05. The fraction of sp³-hybridized carbons (Fsp3) is 0.889. The van der Waals surface area contributed by atoms with Crippen molar-refractivity contribution >= 4 is 5.91 Å². The Labute approximate surface area is 78.9 Å². The van der Waals surface area contributed by atoms with Crippen molar-refractivity contribution in [3.8, 4) is 0 Å². The third-order valence-corrected chi connectivity index (χ3v) is 2.33. The minimum atomic E-state index is 0.200. The molecule has 13 heavy (non-hydrogen) atoms. The van der Waals surface area contributed by atoms with Gasteiger partial charge in [-0.25, -0.2) is 0 Å².